The van der Waals surface area contributed by atoms with Crippen LogP contribution in [0.4, 0.5) is 19.0 Å². The van der Waals surface area contributed by atoms with E-state index in [-0.39, 0.29) is 48.7 Å². The normalized spacial score (nSPS) is 23.0. The van der Waals surface area contributed by atoms with Crippen molar-refractivity contribution in [3.8, 4) is 23.0 Å². The summed E-state index contributed by atoms with van der Waals surface area (Å²) >= 11 is 0. The van der Waals surface area contributed by atoms with Gasteiger partial charge in [-0.3, -0.25) is 4.98 Å². The molecule has 4 aromatic rings. The second-order valence-corrected chi connectivity index (χ2v) is 11.3. The first kappa shape index (κ1) is 25.3. The van der Waals surface area contributed by atoms with Crippen LogP contribution in [0.5, 0.6) is 11.8 Å². The average molecular weight is 550 g/mol. The van der Waals surface area contributed by atoms with Crippen LogP contribution in [0.25, 0.3) is 32.9 Å². The molecular formula is C30H30F3N5O2. The van der Waals surface area contributed by atoms with Gasteiger partial charge in [-0.1, -0.05) is 24.3 Å². The highest BCUT2D eigenvalue weighted by Gasteiger charge is 2.37. The Kier molecular flexibility index (Phi) is 6.18. The van der Waals surface area contributed by atoms with Crippen LogP contribution in [-0.2, 0) is 0 Å². The molecule has 3 aliphatic rings. The number of halogens is 3. The number of benzene rings is 2. The fourth-order valence-corrected chi connectivity index (χ4v) is 6.42. The van der Waals surface area contributed by atoms with Gasteiger partial charge < -0.3 is 20.1 Å². The smallest absolute Gasteiger partial charge is 0.319 e. The van der Waals surface area contributed by atoms with Gasteiger partial charge in [-0.05, 0) is 61.1 Å². The van der Waals surface area contributed by atoms with Crippen LogP contribution in [0, 0.1) is 11.7 Å². The molecule has 7 nitrogen and oxygen atoms in total. The molecule has 0 amide bonds. The highest BCUT2D eigenvalue weighted by molar-refractivity contribution is 5.99. The molecule has 4 heterocycles. The van der Waals surface area contributed by atoms with Crippen molar-refractivity contribution in [3.63, 3.8) is 0 Å². The molecule has 2 aliphatic heterocycles. The number of phenols is 1. The lowest BCUT2D eigenvalue weighted by Gasteiger charge is -2.29. The van der Waals surface area contributed by atoms with E-state index in [0.717, 1.165) is 36.7 Å². The molecule has 0 spiro atoms. The number of anilines is 1. The SMILES string of the molecule is Oc1cc(-c2ncc3c(N4CCC5CNC(C5)C4)nc(OC4CCC(F)(F)CC4)nc3c2F)c2ccccc2c1. The first-order valence-electron chi connectivity index (χ1n) is 13.9. The number of nitrogens with one attached hydrogen (secondary N) is 1. The van der Waals surface area contributed by atoms with Crippen molar-refractivity contribution >= 4 is 27.5 Å². The zero-order chi connectivity index (χ0) is 27.4. The van der Waals surface area contributed by atoms with Crippen LogP contribution in [0.1, 0.15) is 38.5 Å². The van der Waals surface area contributed by atoms with E-state index in [9.17, 15) is 13.9 Å². The van der Waals surface area contributed by atoms with E-state index in [0.29, 0.717) is 35.3 Å². The van der Waals surface area contributed by atoms with Gasteiger partial charge in [-0.15, -0.1) is 0 Å². The number of aromatic hydroxyl groups is 1. The minimum Gasteiger partial charge on any atom is -0.508 e. The van der Waals surface area contributed by atoms with Crippen molar-refractivity contribution in [2.45, 2.75) is 56.6 Å². The zero-order valence-electron chi connectivity index (χ0n) is 21.9. The standard InChI is InChI=1S/C30H30F3N5O2/c31-25-26(23-13-20(39)12-18-3-1-2-4-22(18)23)35-15-24-27(25)36-29(40-21-5-8-30(32,33)9-6-21)37-28(24)38-10-7-17-11-19(16-38)34-14-17/h1-4,12-13,15,17,19,21,34,39H,5-11,14,16H2. The summed E-state index contributed by atoms with van der Waals surface area (Å²) in [6, 6.07) is 10.8. The minimum atomic E-state index is -2.69. The number of hydrogen-bond donors (Lipinski definition) is 2. The lowest BCUT2D eigenvalue weighted by molar-refractivity contribution is -0.0594. The number of fused-ring (bicyclic) bond motifs is 4. The molecule has 1 saturated carbocycles. The van der Waals surface area contributed by atoms with Gasteiger partial charge in [-0.25, -0.2) is 13.2 Å². The van der Waals surface area contributed by atoms with Crippen molar-refractivity contribution in [2.24, 2.45) is 5.92 Å². The van der Waals surface area contributed by atoms with Crippen LogP contribution in [0.2, 0.25) is 0 Å². The summed E-state index contributed by atoms with van der Waals surface area (Å²) in [7, 11) is 0. The molecule has 2 N–H and O–H groups in total. The first-order chi connectivity index (χ1) is 19.3. The number of ether oxygens (including phenoxy) is 1. The Labute approximate surface area is 229 Å². The number of hydrogen-bond acceptors (Lipinski definition) is 7. The van der Waals surface area contributed by atoms with Gasteiger partial charge in [0.25, 0.3) is 0 Å². The molecule has 2 bridgehead atoms. The number of nitrogens with zero attached hydrogens (tertiary/aromatic N) is 4. The topological polar surface area (TPSA) is 83.4 Å². The third-order valence-electron chi connectivity index (χ3n) is 8.54. The van der Waals surface area contributed by atoms with Crippen molar-refractivity contribution in [1.82, 2.24) is 20.3 Å². The number of rotatable bonds is 4. The number of alkyl halides is 2. The lowest BCUT2D eigenvalue weighted by atomic mass is 9.94. The molecule has 10 heteroatoms. The fourth-order valence-electron chi connectivity index (χ4n) is 6.42. The van der Waals surface area contributed by atoms with E-state index in [2.05, 4.69) is 20.2 Å². The molecule has 208 valence electrons. The van der Waals surface area contributed by atoms with Gasteiger partial charge in [0.05, 0.1) is 5.39 Å². The van der Waals surface area contributed by atoms with Crippen LogP contribution in [0.15, 0.2) is 42.6 Å². The summed E-state index contributed by atoms with van der Waals surface area (Å²) in [4.78, 5) is 15.9. The Balaban J connectivity index is 1.35. The van der Waals surface area contributed by atoms with Crippen LogP contribution >= 0.6 is 0 Å². The van der Waals surface area contributed by atoms with Crippen molar-refractivity contribution < 1.29 is 23.0 Å². The van der Waals surface area contributed by atoms with Crippen molar-refractivity contribution in [1.29, 1.82) is 0 Å². The molecule has 3 fully saturated rings. The van der Waals surface area contributed by atoms with Crippen LogP contribution in [-0.4, -0.2) is 57.8 Å². The van der Waals surface area contributed by atoms with Gasteiger partial charge >= 0.3 is 6.01 Å². The Morgan fingerprint density at radius 3 is 2.73 bits per heavy atom. The summed E-state index contributed by atoms with van der Waals surface area (Å²) in [6.07, 6.45) is 3.03. The molecular weight excluding hydrogens is 519 g/mol. The zero-order valence-corrected chi connectivity index (χ0v) is 21.9. The molecule has 2 saturated heterocycles. The van der Waals surface area contributed by atoms with E-state index in [1.165, 1.54) is 6.07 Å². The van der Waals surface area contributed by atoms with Gasteiger partial charge in [0.2, 0.25) is 5.92 Å². The van der Waals surface area contributed by atoms with Gasteiger partial charge in [0, 0.05) is 43.7 Å². The molecule has 2 aromatic carbocycles. The molecule has 7 rings (SSSR count). The van der Waals surface area contributed by atoms with Gasteiger partial charge in [0.1, 0.15) is 28.9 Å². The number of aromatic nitrogens is 3. The number of phenolic OH excluding ortho intramolecular Hbond substituents is 1. The van der Waals surface area contributed by atoms with E-state index < -0.39 is 17.8 Å². The Morgan fingerprint density at radius 2 is 1.88 bits per heavy atom. The highest BCUT2D eigenvalue weighted by atomic mass is 19.3. The van der Waals surface area contributed by atoms with Crippen LogP contribution in [0.3, 0.4) is 0 Å². The van der Waals surface area contributed by atoms with E-state index in [1.807, 2.05) is 24.3 Å². The summed E-state index contributed by atoms with van der Waals surface area (Å²) in [5.41, 5.74) is 0.563. The van der Waals surface area contributed by atoms with Gasteiger partial charge in [-0.2, -0.15) is 9.97 Å². The second kappa shape index (κ2) is 9.76. The quantitative estimate of drug-likeness (QED) is 0.331. The maximum atomic E-state index is 16.4. The predicted octanol–water partition coefficient (Wildman–Crippen LogP) is 5.83. The second-order valence-electron chi connectivity index (χ2n) is 11.3. The molecule has 0 radical (unpaired) electrons. The summed E-state index contributed by atoms with van der Waals surface area (Å²) in [5.74, 6) is -2.21. The van der Waals surface area contributed by atoms with Crippen molar-refractivity contribution in [2.75, 3.05) is 24.5 Å². The molecule has 2 unspecified atom stereocenters. The lowest BCUT2D eigenvalue weighted by Crippen LogP contribution is -2.39. The van der Waals surface area contributed by atoms with Crippen LogP contribution < -0.4 is 15.0 Å². The molecule has 1 aliphatic carbocycles. The third-order valence-corrected chi connectivity index (χ3v) is 8.54. The largest absolute Gasteiger partial charge is 0.508 e. The maximum absolute atomic E-state index is 16.4. The third kappa shape index (κ3) is 4.68. The van der Waals surface area contributed by atoms with Crippen molar-refractivity contribution in [3.05, 3.63) is 48.4 Å². The number of pyridine rings is 1. The van der Waals surface area contributed by atoms with E-state index in [4.69, 9.17) is 9.72 Å². The highest BCUT2D eigenvalue weighted by Crippen LogP contribution is 2.39. The predicted molar refractivity (Wildman–Crippen MR) is 146 cm³/mol. The molecule has 40 heavy (non-hydrogen) atoms. The minimum absolute atomic E-state index is 0.00335. The summed E-state index contributed by atoms with van der Waals surface area (Å²) < 4.78 is 50.0. The fraction of sp³-hybridized carbons (Fsp3) is 0.433. The average Bonchev–Trinajstić information content (AvgIpc) is 3.28. The monoisotopic (exact) mass is 549 g/mol. The Morgan fingerprint density at radius 1 is 1.05 bits per heavy atom. The maximum Gasteiger partial charge on any atom is 0.319 e. The van der Waals surface area contributed by atoms with E-state index >= 15 is 4.39 Å². The molecule has 2 aromatic heterocycles. The first-order valence-corrected chi connectivity index (χ1v) is 13.9. The molecule has 2 atom stereocenters. The van der Waals surface area contributed by atoms with E-state index in [1.54, 1.807) is 12.3 Å². The Hall–Kier alpha value is -3.66. The Bertz CT molecular complexity index is 1590. The van der Waals surface area contributed by atoms with Gasteiger partial charge in [0.15, 0.2) is 5.82 Å². The summed E-state index contributed by atoms with van der Waals surface area (Å²) in [5, 5.41) is 15.9. The summed E-state index contributed by atoms with van der Waals surface area (Å²) in [6.45, 7) is 2.46.